The van der Waals surface area contributed by atoms with E-state index in [9.17, 15) is 19.8 Å². The van der Waals surface area contributed by atoms with Gasteiger partial charge in [0.05, 0.1) is 5.97 Å². The van der Waals surface area contributed by atoms with Crippen molar-refractivity contribution in [1.82, 2.24) is 0 Å². The van der Waals surface area contributed by atoms with Gasteiger partial charge in [0.25, 0.3) is 0 Å². The van der Waals surface area contributed by atoms with E-state index in [4.69, 9.17) is 0 Å². The summed E-state index contributed by atoms with van der Waals surface area (Å²) in [7, 11) is 0. The van der Waals surface area contributed by atoms with Crippen molar-refractivity contribution < 1.29 is 19.8 Å². The molecule has 0 aromatic carbocycles. The second kappa shape index (κ2) is 7.71. The number of aliphatic carboxylic acids is 2. The van der Waals surface area contributed by atoms with Crippen molar-refractivity contribution in [2.24, 2.45) is 0 Å². The van der Waals surface area contributed by atoms with Crippen LogP contribution in [0, 0.1) is 0 Å². The molecule has 4 nitrogen and oxygen atoms in total. The molecule has 0 N–H and O–H groups in total. The fraction of sp³-hybridized carbons (Fsp3) is 0.333. The number of carboxylic acids is 2. The van der Waals surface area contributed by atoms with Crippen molar-refractivity contribution in [2.75, 3.05) is 0 Å². The first kappa shape index (κ1) is 13.2. The third-order valence-corrected chi connectivity index (χ3v) is 0.646. The van der Waals surface area contributed by atoms with Crippen LogP contribution in [0.2, 0.25) is 4.48 Å². The van der Waals surface area contributed by atoms with Gasteiger partial charge in [-0.25, -0.2) is 0 Å². The molecule has 0 heterocycles. The predicted octanol–water partition coefficient (Wildman–Crippen LogP) is -2.63. The Bertz CT molecular complexity index is 164. The van der Waals surface area contributed by atoms with Gasteiger partial charge in [0.1, 0.15) is 0 Å². The Balaban J connectivity index is 0. The molecule has 0 aromatic rings. The maximum absolute atomic E-state index is 9.73. The summed E-state index contributed by atoms with van der Waals surface area (Å²) in [6, 6.07) is 0. The summed E-state index contributed by atoms with van der Waals surface area (Å²) < 4.78 is 2.17. The van der Waals surface area contributed by atoms with Crippen LogP contribution >= 0.6 is 0 Å². The molecule has 0 amide bonds. The van der Waals surface area contributed by atoms with E-state index >= 15 is 0 Å². The molecule has 0 saturated heterocycles. The van der Waals surface area contributed by atoms with E-state index in [1.165, 1.54) is 25.8 Å². The minimum atomic E-state index is -1.56. The first-order valence-corrected chi connectivity index (χ1v) is 7.19. The minimum absolute atomic E-state index is 0.477. The Morgan fingerprint density at radius 3 is 1.82 bits per heavy atom. The molecule has 0 bridgehead atoms. The summed E-state index contributed by atoms with van der Waals surface area (Å²) in [6.07, 6.45) is -0.678. The van der Waals surface area contributed by atoms with Crippen molar-refractivity contribution in [3.05, 3.63) is 12.2 Å². The normalized spacial score (nSPS) is 7.27. The van der Waals surface area contributed by atoms with E-state index in [2.05, 4.69) is 11.1 Å². The van der Waals surface area contributed by atoms with Crippen LogP contribution in [0.3, 0.4) is 0 Å². The number of carboxylic acid groups (broad SMARTS) is 2. The molecule has 0 rings (SSSR count). The number of hydrogen-bond donors (Lipinski definition) is 0. The summed E-state index contributed by atoms with van der Waals surface area (Å²) in [6.45, 7) is 2.91. The van der Waals surface area contributed by atoms with Crippen molar-refractivity contribution >= 4 is 37.7 Å². The Hall–Kier alpha value is -0.398. The monoisotopic (exact) mass is 352 g/mol. The van der Waals surface area contributed by atoms with Crippen LogP contribution in [-0.2, 0) is 9.59 Å². The average molecular weight is 351 g/mol. The fourth-order valence-corrected chi connectivity index (χ4v) is 0.246. The van der Waals surface area contributed by atoms with Gasteiger partial charge in [0, 0.05) is 12.4 Å². The molecule has 0 saturated carbocycles. The van der Waals surface area contributed by atoms with Gasteiger partial charge in [-0.2, -0.15) is 0 Å². The summed E-state index contributed by atoms with van der Waals surface area (Å²) >= 11 is 1.17. The second-order valence-electron chi connectivity index (χ2n) is 1.44. The van der Waals surface area contributed by atoms with Crippen LogP contribution in [0.15, 0.2) is 12.2 Å². The van der Waals surface area contributed by atoms with Crippen molar-refractivity contribution in [3.8, 4) is 0 Å². The molecule has 0 aliphatic carbocycles. The van der Waals surface area contributed by atoms with Gasteiger partial charge in [-0.1, -0.05) is 6.58 Å². The molecule has 60 valence electrons. The van der Waals surface area contributed by atoms with Gasteiger partial charge in [0.15, 0.2) is 0 Å². The van der Waals surface area contributed by atoms with Crippen LogP contribution in [-0.4, -0.2) is 37.7 Å². The summed E-state index contributed by atoms with van der Waals surface area (Å²) in [5, 5.41) is 19.4. The van der Waals surface area contributed by atoms with E-state index < -0.39 is 23.9 Å². The molecule has 5 heteroatoms. The van der Waals surface area contributed by atoms with Gasteiger partial charge in [-0.05, 0) is 5.57 Å². The molecule has 11 heavy (non-hydrogen) atoms. The Kier molecular flexibility index (Phi) is 9.25. The molecule has 0 unspecified atom stereocenters. The van der Waals surface area contributed by atoms with E-state index in [1.54, 1.807) is 0 Å². The molecule has 0 spiro atoms. The van der Waals surface area contributed by atoms with E-state index in [1.807, 2.05) is 0 Å². The Labute approximate surface area is 80.6 Å². The predicted molar refractivity (Wildman–Crippen MR) is 36.8 cm³/mol. The van der Waals surface area contributed by atoms with Gasteiger partial charge in [0.2, 0.25) is 0 Å². The number of carbonyl (C=O) groups is 2. The summed E-state index contributed by atoms with van der Waals surface area (Å²) in [5.74, 6) is -3.02. The van der Waals surface area contributed by atoms with Crippen LogP contribution in [0.4, 0.5) is 0 Å². The summed E-state index contributed by atoms with van der Waals surface area (Å²) in [4.78, 5) is 19.4. The number of carbonyl (C=O) groups excluding carboxylic acids is 2. The van der Waals surface area contributed by atoms with Gasteiger partial charge in [-0.3, -0.25) is 0 Å². The first-order valence-electron chi connectivity index (χ1n) is 2.70. The molecular weight excluding hydrogens is 343 g/mol. The third kappa shape index (κ3) is 9.60. The molecule has 0 fully saturated rings. The van der Waals surface area contributed by atoms with Gasteiger partial charge < -0.3 is 19.8 Å². The van der Waals surface area contributed by atoms with Crippen LogP contribution < -0.4 is 10.2 Å². The van der Waals surface area contributed by atoms with Crippen molar-refractivity contribution in [3.63, 3.8) is 0 Å². The number of hydrogen-bond acceptors (Lipinski definition) is 4. The average Bonchev–Trinajstić information content (AvgIpc) is 1.90. The van der Waals surface area contributed by atoms with Gasteiger partial charge >= 0.3 is 30.3 Å². The maximum atomic E-state index is 9.73. The topological polar surface area (TPSA) is 80.3 Å². The molecule has 0 radical (unpaired) electrons. The first-order chi connectivity index (χ1) is 5.04. The summed E-state index contributed by atoms with van der Waals surface area (Å²) in [5.41, 5.74) is -0.477. The fourth-order valence-electron chi connectivity index (χ4n) is 0.246. The molecule has 0 aliphatic rings. The quantitative estimate of drug-likeness (QED) is 0.412. The van der Waals surface area contributed by atoms with Crippen molar-refractivity contribution in [2.45, 2.75) is 10.9 Å². The standard InChI is InChI=1S/C5H6O4.CH3.Pb.H/c1-3(5(8)9)2-4(6)7;;;/h1-2H2,(H,6,7)(H,8,9);1H3;;/q;;+2;/p-2. The molecular formula is C6H8O4Pb. The van der Waals surface area contributed by atoms with Crippen LogP contribution in [0.25, 0.3) is 0 Å². The molecule has 0 aromatic heterocycles. The zero-order valence-corrected chi connectivity index (χ0v) is 10.6. The Morgan fingerprint density at radius 1 is 1.36 bits per heavy atom. The van der Waals surface area contributed by atoms with Crippen molar-refractivity contribution in [1.29, 1.82) is 0 Å². The van der Waals surface area contributed by atoms with Crippen LogP contribution in [0.1, 0.15) is 6.42 Å². The zero-order valence-electron chi connectivity index (χ0n) is 6.12. The molecule has 0 atom stereocenters. The third-order valence-electron chi connectivity index (χ3n) is 0.646. The zero-order chi connectivity index (χ0) is 9.44. The van der Waals surface area contributed by atoms with Crippen LogP contribution in [0.5, 0.6) is 0 Å². The van der Waals surface area contributed by atoms with E-state index in [0.717, 1.165) is 0 Å². The van der Waals surface area contributed by atoms with E-state index in [-0.39, 0.29) is 0 Å². The number of rotatable bonds is 3. The second-order valence-corrected chi connectivity index (χ2v) is 1.44. The van der Waals surface area contributed by atoms with Gasteiger partial charge in [-0.15, -0.1) is 0 Å². The molecule has 0 aliphatic heterocycles. The van der Waals surface area contributed by atoms with E-state index in [0.29, 0.717) is 0 Å². The SMILES string of the molecule is C=C(CC(=O)[O-])C(=O)[O-].[CH3][PbH+2]. The Morgan fingerprint density at radius 2 is 1.73 bits per heavy atom.